The van der Waals surface area contributed by atoms with Gasteiger partial charge in [0.2, 0.25) is 0 Å². The van der Waals surface area contributed by atoms with Gasteiger partial charge in [0.15, 0.2) is 8.32 Å². The molecule has 1 atom stereocenters. The zero-order valence-corrected chi connectivity index (χ0v) is 16.0. The molecule has 5 nitrogen and oxygen atoms in total. The third kappa shape index (κ3) is 4.33. The van der Waals surface area contributed by atoms with Crippen LogP contribution in [0.25, 0.3) is 5.69 Å². The molecule has 1 aromatic carbocycles. The number of hydrogen-bond donors (Lipinski definition) is 1. The van der Waals surface area contributed by atoms with Crippen molar-refractivity contribution in [2.24, 2.45) is 0 Å². The fraction of sp³-hybridized carbons (Fsp3) is 0.444. The van der Waals surface area contributed by atoms with E-state index in [1.807, 2.05) is 36.5 Å². The molecule has 0 aliphatic heterocycles. The maximum atomic E-state index is 11.7. The summed E-state index contributed by atoms with van der Waals surface area (Å²) in [4.78, 5) is 11.7. The van der Waals surface area contributed by atoms with Crippen LogP contribution < -0.4 is 0 Å². The Morgan fingerprint density at radius 2 is 2.04 bits per heavy atom. The predicted molar refractivity (Wildman–Crippen MR) is 97.0 cm³/mol. The van der Waals surface area contributed by atoms with Gasteiger partial charge >= 0.3 is 5.97 Å². The molecule has 1 heterocycles. The molecule has 0 fully saturated rings. The molecule has 130 valence electrons. The van der Waals surface area contributed by atoms with Gasteiger partial charge in [-0.15, -0.1) is 0 Å². The summed E-state index contributed by atoms with van der Waals surface area (Å²) in [6.45, 7) is 10.5. The summed E-state index contributed by atoms with van der Waals surface area (Å²) < 4.78 is 7.87. The van der Waals surface area contributed by atoms with Crippen molar-refractivity contribution in [1.82, 2.24) is 9.78 Å². The molecule has 0 amide bonds. The fourth-order valence-corrected chi connectivity index (χ4v) is 3.42. The second-order valence-electron chi connectivity index (χ2n) is 7.53. The van der Waals surface area contributed by atoms with Crippen LogP contribution in [-0.2, 0) is 15.6 Å². The molecule has 0 saturated heterocycles. The first kappa shape index (κ1) is 18.4. The first-order chi connectivity index (χ1) is 11.1. The normalized spacial score (nSPS) is 13.7. The first-order valence-electron chi connectivity index (χ1n) is 8.10. The highest BCUT2D eigenvalue weighted by molar-refractivity contribution is 6.74. The Morgan fingerprint density at radius 3 is 2.58 bits per heavy atom. The summed E-state index contributed by atoms with van der Waals surface area (Å²) >= 11 is 0. The number of hydrogen-bond acceptors (Lipinski definition) is 3. The van der Waals surface area contributed by atoms with Crippen molar-refractivity contribution in [3.8, 4) is 5.69 Å². The predicted octanol–water partition coefficient (Wildman–Crippen LogP) is 3.89. The molecule has 1 N–H and O–H groups in total. The van der Waals surface area contributed by atoms with Gasteiger partial charge < -0.3 is 9.53 Å². The van der Waals surface area contributed by atoms with Crippen molar-refractivity contribution in [3.63, 3.8) is 0 Å². The van der Waals surface area contributed by atoms with E-state index in [9.17, 15) is 9.90 Å². The Morgan fingerprint density at radius 1 is 1.33 bits per heavy atom. The number of aliphatic carboxylic acids is 1. The molecule has 1 aromatic heterocycles. The maximum Gasteiger partial charge on any atom is 0.331 e. The summed E-state index contributed by atoms with van der Waals surface area (Å²) in [5.74, 6) is -0.913. The number of nitrogens with zero attached hydrogens (tertiary/aromatic N) is 2. The van der Waals surface area contributed by atoms with Crippen molar-refractivity contribution in [3.05, 3.63) is 48.3 Å². The van der Waals surface area contributed by atoms with E-state index < -0.39 is 20.4 Å². The van der Waals surface area contributed by atoms with Crippen LogP contribution >= 0.6 is 0 Å². The first-order valence-corrected chi connectivity index (χ1v) is 11.0. The summed E-state index contributed by atoms with van der Waals surface area (Å²) in [7, 11) is -2.15. The topological polar surface area (TPSA) is 64.4 Å². The number of benzene rings is 1. The zero-order chi connectivity index (χ0) is 18.0. The molecule has 0 bridgehead atoms. The number of rotatable bonds is 6. The molecule has 6 heteroatoms. The molecular formula is C18H26N2O3Si. The van der Waals surface area contributed by atoms with Gasteiger partial charge in [-0.1, -0.05) is 32.9 Å². The van der Waals surface area contributed by atoms with Crippen LogP contribution in [0.3, 0.4) is 0 Å². The number of carboxylic acid groups (broad SMARTS) is 1. The highest BCUT2D eigenvalue weighted by Crippen LogP contribution is 2.37. The number of aromatic nitrogens is 2. The number of carbonyl (C=O) groups is 1. The molecule has 2 rings (SSSR count). The Kier molecular flexibility index (Phi) is 5.30. The van der Waals surface area contributed by atoms with Gasteiger partial charge in [-0.2, -0.15) is 5.10 Å². The summed E-state index contributed by atoms with van der Waals surface area (Å²) in [5.41, 5.74) is 1.84. The lowest BCUT2D eigenvalue weighted by Crippen LogP contribution is -2.46. The summed E-state index contributed by atoms with van der Waals surface area (Å²) in [6.07, 6.45) is 3.09. The summed E-state index contributed by atoms with van der Waals surface area (Å²) in [5, 5.41) is 13.8. The quantitative estimate of drug-likeness (QED) is 0.806. The Hall–Kier alpha value is -1.92. The van der Waals surface area contributed by atoms with Gasteiger partial charge in [0, 0.05) is 18.8 Å². The average Bonchev–Trinajstić information content (AvgIpc) is 2.99. The molecule has 0 spiro atoms. The summed E-state index contributed by atoms with van der Waals surface area (Å²) in [6, 6.07) is 9.60. The van der Waals surface area contributed by atoms with E-state index in [0.717, 1.165) is 11.3 Å². The standard InChI is InChI=1S/C18H26N2O3Si/c1-18(2,3)24(4,5)23-16(17(21)22)13-14-8-6-9-15(12-14)20-11-7-10-19-20/h6-12,16H,13H2,1-5H3,(H,21,22). The largest absolute Gasteiger partial charge is 0.479 e. The Bertz CT molecular complexity index is 691. The molecule has 0 aliphatic rings. The number of carboxylic acids is 1. The van der Waals surface area contributed by atoms with Crippen LogP contribution in [0.4, 0.5) is 0 Å². The van der Waals surface area contributed by atoms with Gasteiger partial charge in [0.25, 0.3) is 0 Å². The van der Waals surface area contributed by atoms with Crippen LogP contribution in [-0.4, -0.2) is 35.3 Å². The van der Waals surface area contributed by atoms with E-state index in [1.54, 1.807) is 10.9 Å². The Balaban J connectivity index is 2.20. The Labute approximate surface area is 144 Å². The smallest absolute Gasteiger partial charge is 0.331 e. The van der Waals surface area contributed by atoms with Gasteiger partial charge in [0.05, 0.1) is 5.69 Å². The van der Waals surface area contributed by atoms with Crippen LogP contribution in [0.1, 0.15) is 26.3 Å². The highest BCUT2D eigenvalue weighted by atomic mass is 28.4. The minimum absolute atomic E-state index is 0.0302. The van der Waals surface area contributed by atoms with Gasteiger partial charge in [-0.25, -0.2) is 9.48 Å². The SMILES string of the molecule is CC(C)(C)[Si](C)(C)OC(Cc1cccc(-n2cccn2)c1)C(=O)O. The average molecular weight is 347 g/mol. The third-order valence-corrected chi connectivity index (χ3v) is 9.11. The van der Waals surface area contributed by atoms with Crippen molar-refractivity contribution >= 4 is 14.3 Å². The van der Waals surface area contributed by atoms with E-state index in [-0.39, 0.29) is 5.04 Å². The molecule has 2 aromatic rings. The fourth-order valence-electron chi connectivity index (χ4n) is 2.17. The molecule has 1 unspecified atom stereocenters. The highest BCUT2D eigenvalue weighted by Gasteiger charge is 2.40. The minimum Gasteiger partial charge on any atom is -0.479 e. The molecule has 24 heavy (non-hydrogen) atoms. The van der Waals surface area contributed by atoms with Gasteiger partial charge in [-0.3, -0.25) is 0 Å². The van der Waals surface area contributed by atoms with E-state index in [1.165, 1.54) is 0 Å². The van der Waals surface area contributed by atoms with Gasteiger partial charge in [-0.05, 0) is 41.9 Å². The lowest BCUT2D eigenvalue weighted by Gasteiger charge is -2.38. The van der Waals surface area contributed by atoms with Crippen molar-refractivity contribution in [2.45, 2.75) is 51.4 Å². The van der Waals surface area contributed by atoms with Crippen LogP contribution in [0.2, 0.25) is 18.1 Å². The molecular weight excluding hydrogens is 320 g/mol. The minimum atomic E-state index is -2.15. The third-order valence-electron chi connectivity index (χ3n) is 4.62. The van der Waals surface area contributed by atoms with Crippen molar-refractivity contribution in [2.75, 3.05) is 0 Å². The van der Waals surface area contributed by atoms with Crippen LogP contribution in [0, 0.1) is 0 Å². The van der Waals surface area contributed by atoms with Crippen molar-refractivity contribution < 1.29 is 14.3 Å². The van der Waals surface area contributed by atoms with E-state index >= 15 is 0 Å². The second-order valence-corrected chi connectivity index (χ2v) is 12.3. The monoisotopic (exact) mass is 346 g/mol. The lowest BCUT2D eigenvalue weighted by atomic mass is 10.1. The molecule has 0 radical (unpaired) electrons. The van der Waals surface area contributed by atoms with Crippen molar-refractivity contribution in [1.29, 1.82) is 0 Å². The lowest BCUT2D eigenvalue weighted by molar-refractivity contribution is -0.145. The van der Waals surface area contributed by atoms with Gasteiger partial charge in [0.1, 0.15) is 6.10 Å². The van der Waals surface area contributed by atoms with E-state index in [4.69, 9.17) is 4.43 Å². The van der Waals surface area contributed by atoms with E-state index in [2.05, 4.69) is 39.0 Å². The second kappa shape index (κ2) is 6.90. The maximum absolute atomic E-state index is 11.7. The molecule has 0 aliphatic carbocycles. The van der Waals surface area contributed by atoms with E-state index in [0.29, 0.717) is 6.42 Å². The van der Waals surface area contributed by atoms with Crippen LogP contribution in [0.5, 0.6) is 0 Å². The zero-order valence-electron chi connectivity index (χ0n) is 15.0. The van der Waals surface area contributed by atoms with Crippen LogP contribution in [0.15, 0.2) is 42.7 Å². The molecule has 0 saturated carbocycles.